The molecular formula is C11H16N2O2. The van der Waals surface area contributed by atoms with Crippen molar-refractivity contribution in [3.8, 4) is 12.3 Å². The van der Waals surface area contributed by atoms with Crippen molar-refractivity contribution in [3.05, 3.63) is 0 Å². The molecule has 1 atom stereocenters. The van der Waals surface area contributed by atoms with Crippen LogP contribution in [0.15, 0.2) is 0 Å². The van der Waals surface area contributed by atoms with Gasteiger partial charge in [0, 0.05) is 18.5 Å². The van der Waals surface area contributed by atoms with Crippen LogP contribution in [0.2, 0.25) is 0 Å². The molecule has 1 saturated heterocycles. The second-order valence-corrected chi connectivity index (χ2v) is 4.03. The molecular weight excluding hydrogens is 192 g/mol. The molecule has 1 aliphatic rings. The lowest BCUT2D eigenvalue weighted by molar-refractivity contribution is -0.126. The number of carbonyl (C=O) groups is 2. The van der Waals surface area contributed by atoms with Crippen LogP contribution in [-0.4, -0.2) is 40.4 Å². The molecule has 0 aliphatic carbocycles. The smallest absolute Gasteiger partial charge is 0.313 e. The topological polar surface area (TPSA) is 40.6 Å². The molecule has 1 heterocycles. The molecule has 0 aromatic rings. The van der Waals surface area contributed by atoms with Crippen LogP contribution in [0.4, 0.5) is 4.79 Å². The van der Waals surface area contributed by atoms with Crippen molar-refractivity contribution >= 4 is 11.9 Å². The molecule has 0 aromatic heterocycles. The monoisotopic (exact) mass is 208 g/mol. The summed E-state index contributed by atoms with van der Waals surface area (Å²) in [4.78, 5) is 26.3. The maximum atomic E-state index is 11.8. The number of rotatable bonds is 3. The van der Waals surface area contributed by atoms with E-state index in [0.717, 1.165) is 0 Å². The summed E-state index contributed by atoms with van der Waals surface area (Å²) in [6.07, 6.45) is 5.58. The van der Waals surface area contributed by atoms with E-state index >= 15 is 0 Å². The average Bonchev–Trinajstić information content (AvgIpc) is 2.42. The fourth-order valence-electron chi connectivity index (χ4n) is 1.63. The second-order valence-electron chi connectivity index (χ2n) is 4.03. The second kappa shape index (κ2) is 4.35. The molecule has 82 valence electrons. The first-order valence-corrected chi connectivity index (χ1v) is 5.05. The number of hydrogen-bond donors (Lipinski definition) is 0. The third-order valence-corrected chi connectivity index (χ3v) is 2.50. The molecule has 1 fully saturated rings. The van der Waals surface area contributed by atoms with Gasteiger partial charge in [0.25, 0.3) is 5.91 Å². The Morgan fingerprint density at radius 2 is 2.00 bits per heavy atom. The predicted molar refractivity (Wildman–Crippen MR) is 57.0 cm³/mol. The number of hydrogen-bond acceptors (Lipinski definition) is 2. The van der Waals surface area contributed by atoms with E-state index in [2.05, 4.69) is 5.92 Å². The van der Waals surface area contributed by atoms with Crippen molar-refractivity contribution in [1.29, 1.82) is 0 Å². The highest BCUT2D eigenvalue weighted by Gasteiger charge is 2.39. The third kappa shape index (κ3) is 2.12. The molecule has 0 spiro atoms. The Hall–Kier alpha value is -1.50. The molecule has 0 bridgehead atoms. The summed E-state index contributed by atoms with van der Waals surface area (Å²) in [7, 11) is 0. The van der Waals surface area contributed by atoms with E-state index in [4.69, 9.17) is 6.42 Å². The Bertz CT molecular complexity index is 317. The molecule has 1 aliphatic heterocycles. The summed E-state index contributed by atoms with van der Waals surface area (Å²) in [6, 6.07) is -0.388. The molecule has 0 N–H and O–H groups in total. The van der Waals surface area contributed by atoms with Crippen LogP contribution in [0.3, 0.4) is 0 Å². The Labute approximate surface area is 90.2 Å². The van der Waals surface area contributed by atoms with Gasteiger partial charge in [0.1, 0.15) is 6.54 Å². The largest absolute Gasteiger partial charge is 0.327 e. The molecule has 4 heteroatoms. The summed E-state index contributed by atoms with van der Waals surface area (Å²) in [6.45, 7) is 5.74. The number of amides is 3. The van der Waals surface area contributed by atoms with Gasteiger partial charge in [0.2, 0.25) is 0 Å². The summed E-state index contributed by atoms with van der Waals surface area (Å²) in [5.74, 6) is 2.31. The van der Waals surface area contributed by atoms with E-state index < -0.39 is 0 Å². The minimum atomic E-state index is -0.224. The van der Waals surface area contributed by atoms with Gasteiger partial charge in [-0.1, -0.05) is 0 Å². The van der Waals surface area contributed by atoms with Gasteiger partial charge in [-0.05, 0) is 20.8 Å². The molecule has 1 unspecified atom stereocenters. The van der Waals surface area contributed by atoms with Crippen LogP contribution in [0.1, 0.15) is 27.2 Å². The number of terminal acetylenes is 1. The van der Waals surface area contributed by atoms with E-state index in [-0.39, 0.29) is 30.6 Å². The lowest BCUT2D eigenvalue weighted by Gasteiger charge is -2.23. The van der Waals surface area contributed by atoms with Crippen molar-refractivity contribution in [1.82, 2.24) is 9.80 Å². The first kappa shape index (κ1) is 11.6. The maximum Gasteiger partial charge on any atom is 0.327 e. The highest BCUT2D eigenvalue weighted by atomic mass is 16.2. The fraction of sp³-hybridized carbons (Fsp3) is 0.636. The fourth-order valence-corrected chi connectivity index (χ4v) is 1.63. The van der Waals surface area contributed by atoms with Crippen molar-refractivity contribution < 1.29 is 9.59 Å². The zero-order valence-electron chi connectivity index (χ0n) is 9.36. The van der Waals surface area contributed by atoms with Crippen LogP contribution in [0.25, 0.3) is 0 Å². The Balaban J connectivity index is 2.80. The number of carbonyl (C=O) groups excluding carboxylic acids is 2. The quantitative estimate of drug-likeness (QED) is 0.514. The van der Waals surface area contributed by atoms with E-state index in [1.165, 1.54) is 4.90 Å². The maximum absolute atomic E-state index is 11.8. The number of urea groups is 1. The van der Waals surface area contributed by atoms with Crippen molar-refractivity contribution in [3.63, 3.8) is 0 Å². The summed E-state index contributed by atoms with van der Waals surface area (Å²) < 4.78 is 0. The van der Waals surface area contributed by atoms with Gasteiger partial charge in [-0.3, -0.25) is 9.69 Å². The number of imide groups is 1. The van der Waals surface area contributed by atoms with Crippen LogP contribution in [0.5, 0.6) is 0 Å². The predicted octanol–water partition coefficient (Wildman–Crippen LogP) is 1.07. The molecule has 15 heavy (non-hydrogen) atoms. The van der Waals surface area contributed by atoms with E-state index in [1.807, 2.05) is 13.8 Å². The van der Waals surface area contributed by atoms with E-state index in [0.29, 0.717) is 6.42 Å². The third-order valence-electron chi connectivity index (χ3n) is 2.50. The minimum Gasteiger partial charge on any atom is -0.313 e. The molecule has 4 nitrogen and oxygen atoms in total. The van der Waals surface area contributed by atoms with Gasteiger partial charge in [0.15, 0.2) is 0 Å². The van der Waals surface area contributed by atoms with E-state index in [1.54, 1.807) is 11.8 Å². The summed E-state index contributed by atoms with van der Waals surface area (Å²) >= 11 is 0. The van der Waals surface area contributed by atoms with Crippen LogP contribution >= 0.6 is 0 Å². The molecule has 0 radical (unpaired) electrons. The zero-order valence-corrected chi connectivity index (χ0v) is 9.36. The molecule has 1 rings (SSSR count). The van der Waals surface area contributed by atoms with Crippen molar-refractivity contribution in [2.45, 2.75) is 39.3 Å². The molecule has 0 aromatic carbocycles. The zero-order chi connectivity index (χ0) is 11.6. The van der Waals surface area contributed by atoms with Crippen LogP contribution in [0, 0.1) is 12.3 Å². The standard InChI is InChI=1S/C11H16N2O2/c1-5-6-9(4)13-10(14)7-12(8(2)3)11(13)15/h1,8-9H,6-7H2,2-4H3. The summed E-state index contributed by atoms with van der Waals surface area (Å²) in [5, 5.41) is 0. The first-order chi connectivity index (χ1) is 6.99. The van der Waals surface area contributed by atoms with Gasteiger partial charge >= 0.3 is 6.03 Å². The Morgan fingerprint density at radius 1 is 1.40 bits per heavy atom. The van der Waals surface area contributed by atoms with Crippen molar-refractivity contribution in [2.24, 2.45) is 0 Å². The van der Waals surface area contributed by atoms with Gasteiger partial charge in [0.05, 0.1) is 0 Å². The lowest BCUT2D eigenvalue weighted by atomic mass is 10.2. The van der Waals surface area contributed by atoms with E-state index in [9.17, 15) is 9.59 Å². The summed E-state index contributed by atoms with van der Waals surface area (Å²) in [5.41, 5.74) is 0. The SMILES string of the molecule is C#CCC(C)N1C(=O)CN(C(C)C)C1=O. The number of nitrogens with zero attached hydrogens (tertiary/aromatic N) is 2. The Morgan fingerprint density at radius 3 is 2.40 bits per heavy atom. The van der Waals surface area contributed by atoms with Crippen LogP contribution < -0.4 is 0 Å². The molecule has 3 amide bonds. The van der Waals surface area contributed by atoms with Gasteiger partial charge in [-0.15, -0.1) is 12.3 Å². The minimum absolute atomic E-state index is 0.0458. The normalized spacial score (nSPS) is 18.6. The average molecular weight is 208 g/mol. The van der Waals surface area contributed by atoms with Crippen molar-refractivity contribution in [2.75, 3.05) is 6.54 Å². The van der Waals surface area contributed by atoms with Gasteiger partial charge in [-0.25, -0.2) is 4.79 Å². The van der Waals surface area contributed by atoms with Gasteiger partial charge < -0.3 is 4.90 Å². The highest BCUT2D eigenvalue weighted by molar-refractivity contribution is 6.02. The highest BCUT2D eigenvalue weighted by Crippen LogP contribution is 2.17. The first-order valence-electron chi connectivity index (χ1n) is 5.05. The Kier molecular flexibility index (Phi) is 3.35. The van der Waals surface area contributed by atoms with Gasteiger partial charge in [-0.2, -0.15) is 0 Å². The molecule has 0 saturated carbocycles. The van der Waals surface area contributed by atoms with Crippen LogP contribution in [-0.2, 0) is 4.79 Å². The lowest BCUT2D eigenvalue weighted by Crippen LogP contribution is -2.41.